The van der Waals surface area contributed by atoms with Gasteiger partial charge in [0.05, 0.1) is 6.61 Å². The quantitative estimate of drug-likeness (QED) is 0.497. The van der Waals surface area contributed by atoms with E-state index in [1.165, 1.54) is 11.6 Å². The Hall–Kier alpha value is -2.56. The summed E-state index contributed by atoms with van der Waals surface area (Å²) in [4.78, 5) is 0. The summed E-state index contributed by atoms with van der Waals surface area (Å²) < 4.78 is 25.3. The predicted octanol–water partition coefficient (Wildman–Crippen LogP) is 5.75. The highest BCUT2D eigenvalue weighted by atomic mass is 35.5. The fourth-order valence-electron chi connectivity index (χ4n) is 2.80. The molecule has 0 spiro atoms. The molecule has 0 aromatic heterocycles. The summed E-state index contributed by atoms with van der Waals surface area (Å²) in [6, 6.07) is 20.3. The summed E-state index contributed by atoms with van der Waals surface area (Å²) in [6.07, 6.45) is 0. The number of ether oxygens (including phenoxy) is 2. The van der Waals surface area contributed by atoms with E-state index in [9.17, 15) is 4.39 Å². The molecule has 0 saturated heterocycles. The average molecular weight is 400 g/mol. The van der Waals surface area contributed by atoms with Gasteiger partial charge in [-0.15, -0.1) is 0 Å². The minimum atomic E-state index is -0.298. The maximum atomic E-state index is 13.8. The summed E-state index contributed by atoms with van der Waals surface area (Å²) in [5.74, 6) is 0.801. The van der Waals surface area contributed by atoms with E-state index in [0.717, 1.165) is 12.1 Å². The first-order valence-electron chi connectivity index (χ1n) is 9.23. The van der Waals surface area contributed by atoms with Gasteiger partial charge in [0.2, 0.25) is 0 Å². The van der Waals surface area contributed by atoms with Crippen molar-refractivity contribution in [2.24, 2.45) is 0 Å². The Balaban J connectivity index is 1.69. The number of nitrogens with one attached hydrogen (secondary N) is 1. The summed E-state index contributed by atoms with van der Waals surface area (Å²) in [5, 5.41) is 3.96. The van der Waals surface area contributed by atoms with Gasteiger partial charge in [0.25, 0.3) is 0 Å². The number of rotatable bonds is 9. The molecule has 0 aliphatic heterocycles. The zero-order valence-electron chi connectivity index (χ0n) is 15.8. The van der Waals surface area contributed by atoms with Crippen molar-refractivity contribution >= 4 is 11.6 Å². The molecule has 3 aromatic rings. The van der Waals surface area contributed by atoms with E-state index in [1.54, 1.807) is 24.3 Å². The average Bonchev–Trinajstić information content (AvgIpc) is 2.71. The van der Waals surface area contributed by atoms with Crippen molar-refractivity contribution in [3.8, 4) is 11.5 Å². The summed E-state index contributed by atoms with van der Waals surface area (Å²) in [7, 11) is 0. The van der Waals surface area contributed by atoms with E-state index in [0.29, 0.717) is 35.2 Å². The summed E-state index contributed by atoms with van der Waals surface area (Å²) >= 11 is 6.45. The molecule has 0 aliphatic carbocycles. The lowest BCUT2D eigenvalue weighted by atomic mass is 10.1. The lowest BCUT2D eigenvalue weighted by Gasteiger charge is -2.15. The lowest BCUT2D eigenvalue weighted by molar-refractivity contribution is 0.265. The van der Waals surface area contributed by atoms with Crippen molar-refractivity contribution in [3.63, 3.8) is 0 Å². The Bertz CT molecular complexity index is 902. The van der Waals surface area contributed by atoms with Crippen LogP contribution >= 0.6 is 11.6 Å². The van der Waals surface area contributed by atoms with Gasteiger partial charge in [-0.25, -0.2) is 4.39 Å². The first kappa shape index (κ1) is 20.2. The molecule has 3 nitrogen and oxygen atoms in total. The second-order valence-electron chi connectivity index (χ2n) is 6.29. The Kier molecular flexibility index (Phi) is 7.29. The van der Waals surface area contributed by atoms with Crippen molar-refractivity contribution in [2.75, 3.05) is 6.61 Å². The highest BCUT2D eigenvalue weighted by Crippen LogP contribution is 2.34. The molecule has 0 heterocycles. The van der Waals surface area contributed by atoms with E-state index < -0.39 is 0 Å². The number of hydrogen-bond donors (Lipinski definition) is 1. The van der Waals surface area contributed by atoms with Gasteiger partial charge in [0, 0.05) is 29.7 Å². The molecule has 0 unspecified atom stereocenters. The molecule has 0 atom stereocenters. The van der Waals surface area contributed by atoms with Crippen LogP contribution in [-0.4, -0.2) is 6.61 Å². The third-order valence-corrected chi connectivity index (χ3v) is 4.59. The number of benzene rings is 3. The van der Waals surface area contributed by atoms with E-state index in [2.05, 4.69) is 17.4 Å². The zero-order chi connectivity index (χ0) is 19.8. The first-order chi connectivity index (χ1) is 13.7. The third-order valence-electron chi connectivity index (χ3n) is 4.24. The maximum Gasteiger partial charge on any atom is 0.163 e. The van der Waals surface area contributed by atoms with Crippen LogP contribution in [0.3, 0.4) is 0 Å². The van der Waals surface area contributed by atoms with E-state index in [4.69, 9.17) is 21.1 Å². The topological polar surface area (TPSA) is 30.5 Å². The highest BCUT2D eigenvalue weighted by Gasteiger charge is 2.12. The van der Waals surface area contributed by atoms with E-state index in [1.807, 2.05) is 31.2 Å². The minimum Gasteiger partial charge on any atom is -0.490 e. The van der Waals surface area contributed by atoms with Crippen LogP contribution in [0, 0.1) is 5.82 Å². The fraction of sp³-hybridized carbons (Fsp3) is 0.217. The molecule has 146 valence electrons. The molecule has 0 saturated carbocycles. The normalized spacial score (nSPS) is 10.7. The van der Waals surface area contributed by atoms with Crippen molar-refractivity contribution in [1.82, 2.24) is 5.32 Å². The molecule has 0 bridgehead atoms. The second kappa shape index (κ2) is 10.1. The van der Waals surface area contributed by atoms with Crippen LogP contribution in [0.25, 0.3) is 0 Å². The van der Waals surface area contributed by atoms with Gasteiger partial charge in [0.15, 0.2) is 11.5 Å². The smallest absolute Gasteiger partial charge is 0.163 e. The van der Waals surface area contributed by atoms with Crippen molar-refractivity contribution in [2.45, 2.75) is 26.6 Å². The number of halogens is 2. The van der Waals surface area contributed by atoms with Crippen molar-refractivity contribution in [3.05, 3.63) is 94.3 Å². The molecular formula is C23H23ClFNO2. The van der Waals surface area contributed by atoms with Gasteiger partial charge in [-0.05, 0) is 30.2 Å². The standard InChI is InChI=1S/C23H23ClFNO2/c1-2-27-22-12-19(15-26-14-17-8-4-3-5-9-17)20(24)13-23(22)28-16-18-10-6-7-11-21(18)25/h3-13,26H,2,14-16H2,1H3. The molecule has 3 aromatic carbocycles. The van der Waals surface area contributed by atoms with Crippen LogP contribution < -0.4 is 14.8 Å². The van der Waals surface area contributed by atoms with Gasteiger partial charge >= 0.3 is 0 Å². The fourth-order valence-corrected chi connectivity index (χ4v) is 3.02. The first-order valence-corrected chi connectivity index (χ1v) is 9.61. The largest absolute Gasteiger partial charge is 0.490 e. The van der Waals surface area contributed by atoms with Gasteiger partial charge < -0.3 is 14.8 Å². The Morgan fingerprint density at radius 1 is 0.857 bits per heavy atom. The van der Waals surface area contributed by atoms with Gasteiger partial charge in [0.1, 0.15) is 12.4 Å². The molecular weight excluding hydrogens is 377 g/mol. The molecule has 3 rings (SSSR count). The van der Waals surface area contributed by atoms with Gasteiger partial charge in [-0.1, -0.05) is 60.1 Å². The lowest BCUT2D eigenvalue weighted by Crippen LogP contribution is -2.13. The zero-order valence-corrected chi connectivity index (χ0v) is 16.5. The molecule has 0 aliphatic rings. The van der Waals surface area contributed by atoms with Crippen molar-refractivity contribution in [1.29, 1.82) is 0 Å². The molecule has 5 heteroatoms. The van der Waals surface area contributed by atoms with Gasteiger partial charge in [-0.2, -0.15) is 0 Å². The van der Waals surface area contributed by atoms with Crippen LogP contribution in [0.1, 0.15) is 23.6 Å². The summed E-state index contributed by atoms with van der Waals surface area (Å²) in [5.41, 5.74) is 2.60. The van der Waals surface area contributed by atoms with Crippen LogP contribution in [0.15, 0.2) is 66.7 Å². The Labute approximate surface area is 170 Å². The molecule has 28 heavy (non-hydrogen) atoms. The molecule has 0 amide bonds. The Morgan fingerprint density at radius 2 is 1.57 bits per heavy atom. The summed E-state index contributed by atoms with van der Waals surface area (Å²) in [6.45, 7) is 3.85. The van der Waals surface area contributed by atoms with E-state index in [-0.39, 0.29) is 12.4 Å². The molecule has 0 fully saturated rings. The third kappa shape index (κ3) is 5.47. The maximum absolute atomic E-state index is 13.8. The van der Waals surface area contributed by atoms with Crippen molar-refractivity contribution < 1.29 is 13.9 Å². The minimum absolute atomic E-state index is 0.106. The molecule has 1 N–H and O–H groups in total. The predicted molar refractivity (Wildman–Crippen MR) is 110 cm³/mol. The monoisotopic (exact) mass is 399 g/mol. The van der Waals surface area contributed by atoms with Crippen LogP contribution in [0.5, 0.6) is 11.5 Å². The van der Waals surface area contributed by atoms with Crippen LogP contribution in [0.4, 0.5) is 4.39 Å². The number of hydrogen-bond acceptors (Lipinski definition) is 3. The van der Waals surface area contributed by atoms with Gasteiger partial charge in [-0.3, -0.25) is 0 Å². The second-order valence-corrected chi connectivity index (χ2v) is 6.70. The van der Waals surface area contributed by atoms with Crippen LogP contribution in [0.2, 0.25) is 5.02 Å². The highest BCUT2D eigenvalue weighted by molar-refractivity contribution is 6.31. The van der Waals surface area contributed by atoms with Crippen LogP contribution in [-0.2, 0) is 19.7 Å². The van der Waals surface area contributed by atoms with E-state index >= 15 is 0 Å². The SMILES string of the molecule is CCOc1cc(CNCc2ccccc2)c(Cl)cc1OCc1ccccc1F. The molecule has 0 radical (unpaired) electrons. The Morgan fingerprint density at radius 3 is 2.32 bits per heavy atom.